The lowest BCUT2D eigenvalue weighted by Gasteiger charge is -2.23. The fraction of sp³-hybridized carbons (Fsp3) is 0.636. The maximum atomic E-state index is 12.5. The van der Waals surface area contributed by atoms with Gasteiger partial charge in [-0.1, -0.05) is 62.6 Å². The summed E-state index contributed by atoms with van der Waals surface area (Å²) in [5.74, 6) is -0.460. The molecule has 0 spiro atoms. The summed E-state index contributed by atoms with van der Waals surface area (Å²) in [6.07, 6.45) is 13.8. The van der Waals surface area contributed by atoms with Gasteiger partial charge in [0.25, 0.3) is 5.91 Å². The van der Waals surface area contributed by atoms with Gasteiger partial charge in [-0.05, 0) is 50.3 Å². The molecule has 0 aliphatic heterocycles. The van der Waals surface area contributed by atoms with Crippen molar-refractivity contribution in [3.8, 4) is 0 Å². The van der Waals surface area contributed by atoms with Gasteiger partial charge >= 0.3 is 0 Å². The van der Waals surface area contributed by atoms with Crippen molar-refractivity contribution in [1.29, 1.82) is 0 Å². The fourth-order valence-electron chi connectivity index (χ4n) is 3.69. The van der Waals surface area contributed by atoms with Crippen LogP contribution in [0.3, 0.4) is 0 Å². The quantitative estimate of drug-likeness (QED) is 0.620. The van der Waals surface area contributed by atoms with Crippen molar-refractivity contribution in [3.05, 3.63) is 28.8 Å². The van der Waals surface area contributed by atoms with Crippen LogP contribution >= 0.6 is 11.6 Å². The summed E-state index contributed by atoms with van der Waals surface area (Å²) >= 11 is 6.14. The van der Waals surface area contributed by atoms with Crippen molar-refractivity contribution >= 4 is 38.9 Å². The lowest BCUT2D eigenvalue weighted by Crippen LogP contribution is -2.39. The summed E-state index contributed by atoms with van der Waals surface area (Å²) < 4.78 is 25.7. The molecular weight excluding hydrogens is 422 g/mol. The van der Waals surface area contributed by atoms with Gasteiger partial charge in [-0.2, -0.15) is 5.10 Å². The minimum absolute atomic E-state index is 0.337. The van der Waals surface area contributed by atoms with Crippen LogP contribution in [0.15, 0.2) is 23.3 Å². The second-order valence-corrected chi connectivity index (χ2v) is 10.4. The normalized spacial score (nSPS) is 16.8. The van der Waals surface area contributed by atoms with E-state index in [1.165, 1.54) is 44.9 Å². The molecule has 1 aliphatic carbocycles. The summed E-state index contributed by atoms with van der Waals surface area (Å²) in [7, 11) is -3.66. The first-order valence-corrected chi connectivity index (χ1v) is 13.1. The van der Waals surface area contributed by atoms with Crippen LogP contribution < -0.4 is 9.73 Å². The Balaban J connectivity index is 2.05. The monoisotopic (exact) mass is 455 g/mol. The standard InChI is InChI=1S/C22H34ClN3O3S/c1-18-20(23)15-12-16-21(18)26(30(2,28)29)17-22(27)25-24-19-13-10-8-6-4-3-5-7-9-11-14-19/h12,15-16H,3-11,13-14,17H2,1-2H3,(H,25,27). The van der Waals surface area contributed by atoms with E-state index in [1.54, 1.807) is 25.1 Å². The van der Waals surface area contributed by atoms with Crippen LogP contribution in [-0.4, -0.2) is 32.8 Å². The molecule has 0 heterocycles. The Labute approximate surface area is 186 Å². The van der Waals surface area contributed by atoms with Gasteiger partial charge in [0, 0.05) is 10.7 Å². The van der Waals surface area contributed by atoms with Crippen molar-refractivity contribution in [1.82, 2.24) is 5.43 Å². The number of benzene rings is 1. The minimum atomic E-state index is -3.66. The molecule has 30 heavy (non-hydrogen) atoms. The summed E-state index contributed by atoms with van der Waals surface area (Å²) in [6.45, 7) is 1.40. The highest BCUT2D eigenvalue weighted by Crippen LogP contribution is 2.28. The number of nitrogens with zero attached hydrogens (tertiary/aromatic N) is 2. The summed E-state index contributed by atoms with van der Waals surface area (Å²) in [6, 6.07) is 5.01. The highest BCUT2D eigenvalue weighted by atomic mass is 35.5. The number of sulfonamides is 1. The zero-order valence-electron chi connectivity index (χ0n) is 18.1. The van der Waals surface area contributed by atoms with Gasteiger partial charge in [-0.3, -0.25) is 9.10 Å². The number of amides is 1. The summed E-state index contributed by atoms with van der Waals surface area (Å²) in [4.78, 5) is 12.5. The Hall–Kier alpha value is -1.60. The van der Waals surface area contributed by atoms with Gasteiger partial charge in [-0.15, -0.1) is 0 Å². The van der Waals surface area contributed by atoms with Crippen LogP contribution in [-0.2, 0) is 14.8 Å². The van der Waals surface area contributed by atoms with Crippen molar-refractivity contribution in [2.45, 2.75) is 77.6 Å². The molecule has 8 heteroatoms. The molecule has 0 radical (unpaired) electrons. The molecular formula is C22H34ClN3O3S. The van der Waals surface area contributed by atoms with E-state index in [1.807, 2.05) is 0 Å². The van der Waals surface area contributed by atoms with Crippen LogP contribution in [0.25, 0.3) is 0 Å². The van der Waals surface area contributed by atoms with Gasteiger partial charge in [0.2, 0.25) is 10.0 Å². The van der Waals surface area contributed by atoms with E-state index < -0.39 is 15.9 Å². The van der Waals surface area contributed by atoms with Crippen LogP contribution in [0, 0.1) is 6.92 Å². The molecule has 168 valence electrons. The first-order chi connectivity index (χ1) is 14.3. The van der Waals surface area contributed by atoms with E-state index in [-0.39, 0.29) is 6.54 Å². The lowest BCUT2D eigenvalue weighted by molar-refractivity contribution is -0.119. The number of carbonyl (C=O) groups excluding carboxylic acids is 1. The van der Waals surface area contributed by atoms with E-state index >= 15 is 0 Å². The van der Waals surface area contributed by atoms with E-state index in [0.717, 1.165) is 42.0 Å². The molecule has 6 nitrogen and oxygen atoms in total. The van der Waals surface area contributed by atoms with E-state index in [0.29, 0.717) is 16.3 Å². The molecule has 0 bridgehead atoms. The number of hydrazone groups is 1. The number of anilines is 1. The van der Waals surface area contributed by atoms with E-state index in [9.17, 15) is 13.2 Å². The van der Waals surface area contributed by atoms with Gasteiger partial charge in [-0.25, -0.2) is 13.8 Å². The lowest BCUT2D eigenvalue weighted by atomic mass is 10.00. The van der Waals surface area contributed by atoms with E-state index in [4.69, 9.17) is 11.6 Å². The molecule has 1 amide bonds. The number of hydrogen-bond acceptors (Lipinski definition) is 4. The number of nitrogens with one attached hydrogen (secondary N) is 1. The molecule has 1 N–H and O–H groups in total. The highest BCUT2D eigenvalue weighted by Gasteiger charge is 2.23. The highest BCUT2D eigenvalue weighted by molar-refractivity contribution is 7.92. The molecule has 1 aromatic rings. The third-order valence-electron chi connectivity index (χ3n) is 5.46. The van der Waals surface area contributed by atoms with Gasteiger partial charge in [0.15, 0.2) is 0 Å². The second kappa shape index (κ2) is 12.3. The van der Waals surface area contributed by atoms with Crippen LogP contribution in [0.4, 0.5) is 5.69 Å². The molecule has 1 fully saturated rings. The number of carbonyl (C=O) groups is 1. The minimum Gasteiger partial charge on any atom is -0.271 e. The molecule has 1 saturated carbocycles. The largest absolute Gasteiger partial charge is 0.271 e. The molecule has 2 rings (SSSR count). The Bertz CT molecular complexity index is 826. The maximum Gasteiger partial charge on any atom is 0.260 e. The predicted molar refractivity (Wildman–Crippen MR) is 125 cm³/mol. The van der Waals surface area contributed by atoms with Gasteiger partial charge < -0.3 is 0 Å². The number of halogens is 1. The summed E-state index contributed by atoms with van der Waals surface area (Å²) in [5.41, 5.74) is 4.59. The SMILES string of the molecule is Cc1c(Cl)cccc1N(CC(=O)NN=C1CCCCCCCCCCC1)S(C)(=O)=O. The van der Waals surface area contributed by atoms with Crippen molar-refractivity contribution in [3.63, 3.8) is 0 Å². The molecule has 1 aliphatic rings. The zero-order valence-corrected chi connectivity index (χ0v) is 19.7. The zero-order chi connectivity index (χ0) is 22.0. The third-order valence-corrected chi connectivity index (χ3v) is 7.00. The Morgan fingerprint density at radius 1 is 1.03 bits per heavy atom. The fourth-order valence-corrected chi connectivity index (χ4v) is 4.76. The van der Waals surface area contributed by atoms with Gasteiger partial charge in [0.1, 0.15) is 6.54 Å². The van der Waals surface area contributed by atoms with Crippen molar-refractivity contribution < 1.29 is 13.2 Å². The smallest absolute Gasteiger partial charge is 0.260 e. The van der Waals surface area contributed by atoms with Crippen LogP contribution in [0.5, 0.6) is 0 Å². The average Bonchev–Trinajstić information content (AvgIpc) is 2.67. The summed E-state index contributed by atoms with van der Waals surface area (Å²) in [5, 5.41) is 4.80. The van der Waals surface area contributed by atoms with Crippen LogP contribution in [0.2, 0.25) is 5.02 Å². The topological polar surface area (TPSA) is 78.8 Å². The Morgan fingerprint density at radius 2 is 1.57 bits per heavy atom. The molecule has 0 saturated heterocycles. The Morgan fingerprint density at radius 3 is 2.10 bits per heavy atom. The predicted octanol–water partition coefficient (Wildman–Crippen LogP) is 5.19. The van der Waals surface area contributed by atoms with Crippen molar-refractivity contribution in [2.24, 2.45) is 5.10 Å². The first kappa shape index (κ1) is 24.7. The van der Waals surface area contributed by atoms with E-state index in [2.05, 4.69) is 10.5 Å². The van der Waals surface area contributed by atoms with Crippen molar-refractivity contribution in [2.75, 3.05) is 17.1 Å². The number of hydrogen-bond donors (Lipinski definition) is 1. The first-order valence-electron chi connectivity index (χ1n) is 10.9. The van der Waals surface area contributed by atoms with Crippen LogP contribution in [0.1, 0.15) is 76.2 Å². The van der Waals surface area contributed by atoms with Gasteiger partial charge in [0.05, 0.1) is 11.9 Å². The Kier molecular flexibility index (Phi) is 10.1. The average molecular weight is 456 g/mol. The maximum absolute atomic E-state index is 12.5. The second-order valence-electron chi connectivity index (χ2n) is 8.05. The molecule has 0 unspecified atom stereocenters. The molecule has 1 aromatic carbocycles. The third kappa shape index (κ3) is 8.26. The number of rotatable bonds is 5. The molecule has 0 aromatic heterocycles. The molecule has 0 atom stereocenters.